The lowest BCUT2D eigenvalue weighted by Gasteiger charge is -2.22. The van der Waals surface area contributed by atoms with Crippen LogP contribution in [-0.2, 0) is 40.6 Å². The van der Waals surface area contributed by atoms with Gasteiger partial charge in [-0.05, 0) is 38.9 Å². The number of halogens is 9. The highest BCUT2D eigenvalue weighted by atomic mass is 19.4. The Morgan fingerprint density at radius 1 is 0.909 bits per heavy atom. The monoisotopic (exact) mass is 656 g/mol. The van der Waals surface area contributed by atoms with Crippen molar-refractivity contribution in [1.29, 1.82) is 0 Å². The normalized spacial score (nSPS) is 13.7. The van der Waals surface area contributed by atoms with E-state index in [1.165, 1.54) is 11.3 Å². The highest BCUT2D eigenvalue weighted by Crippen LogP contribution is 2.18. The Kier molecular flexibility index (Phi) is 15.7. The Hall–Kier alpha value is -4.01. The van der Waals surface area contributed by atoms with Crippen molar-refractivity contribution in [2.75, 3.05) is 13.6 Å². The summed E-state index contributed by atoms with van der Waals surface area (Å²) in [6.45, 7) is 9.14. The number of carboxylic acid groups (broad SMARTS) is 3. The molecule has 250 valence electrons. The van der Waals surface area contributed by atoms with Gasteiger partial charge < -0.3 is 15.3 Å². The number of aryl methyl sites for hydroxylation is 1. The maximum absolute atomic E-state index is 10.6. The lowest BCUT2D eigenvalue weighted by molar-refractivity contribution is -0.193. The third-order valence-corrected chi connectivity index (χ3v) is 5.27. The van der Waals surface area contributed by atoms with Crippen molar-refractivity contribution in [1.82, 2.24) is 29.8 Å². The van der Waals surface area contributed by atoms with E-state index in [2.05, 4.69) is 56.7 Å². The van der Waals surface area contributed by atoms with Gasteiger partial charge in [0, 0.05) is 51.2 Å². The second kappa shape index (κ2) is 17.3. The molecule has 12 nitrogen and oxygen atoms in total. The molecule has 3 rings (SSSR count). The predicted molar refractivity (Wildman–Crippen MR) is 131 cm³/mol. The average molecular weight is 657 g/mol. The third kappa shape index (κ3) is 16.0. The highest BCUT2D eigenvalue weighted by Gasteiger charge is 2.39. The zero-order valence-electron chi connectivity index (χ0n) is 23.3. The van der Waals surface area contributed by atoms with Crippen LogP contribution < -0.4 is 0 Å². The van der Waals surface area contributed by atoms with Crippen LogP contribution in [0.3, 0.4) is 0 Å². The smallest absolute Gasteiger partial charge is 0.475 e. The maximum atomic E-state index is 10.6. The summed E-state index contributed by atoms with van der Waals surface area (Å²) in [6.07, 6.45) is -10.4. The molecule has 0 aliphatic carbocycles. The number of fused-ring (bicyclic) bond motifs is 1. The molecule has 0 radical (unpaired) electrons. The largest absolute Gasteiger partial charge is 0.490 e. The van der Waals surface area contributed by atoms with Crippen LogP contribution >= 0.6 is 0 Å². The molecule has 3 heterocycles. The van der Waals surface area contributed by atoms with Gasteiger partial charge in [-0.2, -0.15) is 39.5 Å². The van der Waals surface area contributed by atoms with Gasteiger partial charge in [-0.25, -0.2) is 19.1 Å². The molecule has 21 heteroatoms. The predicted octanol–water partition coefficient (Wildman–Crippen LogP) is 3.82. The zero-order chi connectivity index (χ0) is 34.5. The summed E-state index contributed by atoms with van der Waals surface area (Å²) < 4.78 is 97.3. The van der Waals surface area contributed by atoms with Crippen molar-refractivity contribution in [3.63, 3.8) is 0 Å². The van der Waals surface area contributed by atoms with E-state index in [1.54, 1.807) is 0 Å². The Balaban J connectivity index is 0.000000721. The van der Waals surface area contributed by atoms with Crippen molar-refractivity contribution in [2.24, 2.45) is 0 Å². The van der Waals surface area contributed by atoms with Crippen LogP contribution in [0.25, 0.3) is 0 Å². The van der Waals surface area contributed by atoms with E-state index >= 15 is 0 Å². The van der Waals surface area contributed by atoms with Crippen LogP contribution in [0.2, 0.25) is 0 Å². The van der Waals surface area contributed by atoms with E-state index in [9.17, 15) is 39.5 Å². The van der Waals surface area contributed by atoms with E-state index in [0.29, 0.717) is 6.04 Å². The number of aromatic nitrogens is 4. The molecule has 0 amide bonds. The van der Waals surface area contributed by atoms with E-state index < -0.39 is 36.4 Å². The summed E-state index contributed by atoms with van der Waals surface area (Å²) in [6, 6.07) is 4.65. The minimum atomic E-state index is -5.08. The van der Waals surface area contributed by atoms with Crippen LogP contribution in [-0.4, -0.2) is 101 Å². The molecule has 0 unspecified atom stereocenters. The Labute approximate surface area is 243 Å². The minimum absolute atomic E-state index is 0.504. The Morgan fingerprint density at radius 3 is 1.77 bits per heavy atom. The summed E-state index contributed by atoms with van der Waals surface area (Å²) in [7, 11) is 2.14. The summed E-state index contributed by atoms with van der Waals surface area (Å²) in [5, 5.41) is 30.2. The van der Waals surface area contributed by atoms with Gasteiger partial charge in [-0.15, -0.1) is 5.10 Å². The number of carboxylic acids is 3. The van der Waals surface area contributed by atoms with Crippen LogP contribution in [0, 0.1) is 0 Å². The van der Waals surface area contributed by atoms with Crippen molar-refractivity contribution in [2.45, 2.75) is 71.0 Å². The molecule has 0 atom stereocenters. The fraction of sp³-hybridized carbons (Fsp3) is 0.565. The Bertz CT molecular complexity index is 1130. The van der Waals surface area contributed by atoms with Gasteiger partial charge in [0.05, 0.1) is 5.69 Å². The number of pyridine rings is 1. The molecule has 0 bridgehead atoms. The van der Waals surface area contributed by atoms with Crippen molar-refractivity contribution < 1.29 is 69.2 Å². The van der Waals surface area contributed by atoms with E-state index in [4.69, 9.17) is 29.7 Å². The molecular weight excluding hydrogens is 627 g/mol. The zero-order valence-corrected chi connectivity index (χ0v) is 23.3. The summed E-state index contributed by atoms with van der Waals surface area (Å²) in [4.78, 5) is 35.7. The number of carbonyl (C=O) groups is 3. The van der Waals surface area contributed by atoms with Crippen LogP contribution in [0.4, 0.5) is 39.5 Å². The molecule has 0 spiro atoms. The van der Waals surface area contributed by atoms with Gasteiger partial charge in [0.25, 0.3) is 0 Å². The van der Waals surface area contributed by atoms with Gasteiger partial charge in [0.15, 0.2) is 0 Å². The summed E-state index contributed by atoms with van der Waals surface area (Å²) >= 11 is 0. The lowest BCUT2D eigenvalue weighted by atomic mass is 10.2. The van der Waals surface area contributed by atoms with Crippen molar-refractivity contribution in [3.8, 4) is 0 Å². The van der Waals surface area contributed by atoms with Gasteiger partial charge in [0.2, 0.25) is 0 Å². The molecule has 0 saturated heterocycles. The molecule has 0 fully saturated rings. The quantitative estimate of drug-likeness (QED) is 0.401. The molecule has 0 aromatic carbocycles. The first-order chi connectivity index (χ1) is 20.0. The fourth-order valence-corrected chi connectivity index (χ4v) is 2.88. The summed E-state index contributed by atoms with van der Waals surface area (Å²) in [5.41, 5.74) is 3.63. The molecule has 1 aliphatic heterocycles. The van der Waals surface area contributed by atoms with Crippen molar-refractivity contribution in [3.05, 3.63) is 41.5 Å². The molecule has 44 heavy (non-hydrogen) atoms. The number of rotatable bonds is 5. The first kappa shape index (κ1) is 40.0. The summed E-state index contributed by atoms with van der Waals surface area (Å²) in [5.74, 6) is -8.27. The maximum Gasteiger partial charge on any atom is 0.490 e. The second-order valence-corrected chi connectivity index (χ2v) is 9.05. The average Bonchev–Trinajstić information content (AvgIpc) is 3.12. The SMILES string of the molecule is CC(C)N(C)Cc1nnn2c1CN(Cc1cccnc1)CCC2.O=C(O)C(F)(F)F.O=C(O)C(F)(F)F.O=C(O)C(F)(F)F. The van der Waals surface area contributed by atoms with Gasteiger partial charge >= 0.3 is 36.4 Å². The number of alkyl halides is 9. The molecule has 0 saturated carbocycles. The van der Waals surface area contributed by atoms with Gasteiger partial charge in [-0.1, -0.05) is 11.3 Å². The Morgan fingerprint density at radius 2 is 1.39 bits per heavy atom. The first-order valence-electron chi connectivity index (χ1n) is 12.1. The van der Waals surface area contributed by atoms with Gasteiger partial charge in [-0.3, -0.25) is 14.8 Å². The minimum Gasteiger partial charge on any atom is -0.475 e. The van der Waals surface area contributed by atoms with Gasteiger partial charge in [0.1, 0.15) is 5.69 Å². The molecule has 3 N–H and O–H groups in total. The second-order valence-electron chi connectivity index (χ2n) is 9.05. The van der Waals surface area contributed by atoms with Crippen LogP contribution in [0.15, 0.2) is 24.5 Å². The van der Waals surface area contributed by atoms with Crippen LogP contribution in [0.5, 0.6) is 0 Å². The number of nitrogens with zero attached hydrogens (tertiary/aromatic N) is 6. The molecule has 1 aliphatic rings. The van der Waals surface area contributed by atoms with E-state index in [0.717, 1.165) is 44.8 Å². The van der Waals surface area contributed by atoms with E-state index in [1.807, 2.05) is 18.5 Å². The molecule has 2 aromatic heterocycles. The molecular formula is C23H29F9N6O6. The lowest BCUT2D eigenvalue weighted by Crippen LogP contribution is -2.27. The van der Waals surface area contributed by atoms with Crippen molar-refractivity contribution >= 4 is 17.9 Å². The third-order valence-electron chi connectivity index (χ3n) is 5.27. The fourth-order valence-electron chi connectivity index (χ4n) is 2.88. The van der Waals surface area contributed by atoms with E-state index in [-0.39, 0.29) is 0 Å². The highest BCUT2D eigenvalue weighted by molar-refractivity contribution is 5.73. The number of hydrogen-bond donors (Lipinski definition) is 3. The number of aliphatic carboxylic acids is 3. The van der Waals surface area contributed by atoms with Crippen LogP contribution in [0.1, 0.15) is 37.2 Å². The standard InChI is InChI=1S/C17H26N6.3C2HF3O2/c1-14(2)21(3)12-16-17-13-22(8-5-9-23(17)20-19-16)11-15-6-4-7-18-10-15;3*3-2(4,5)1(6)7/h4,6-7,10,14H,5,8-9,11-13H2,1-3H3;3*(H,6,7). The first-order valence-corrected chi connectivity index (χ1v) is 12.1. The number of hydrogen-bond acceptors (Lipinski definition) is 8. The molecule has 2 aromatic rings. The topological polar surface area (TPSA) is 162 Å².